The highest BCUT2D eigenvalue weighted by atomic mass is 19.1. The zero-order valence-electron chi connectivity index (χ0n) is 9.15. The SMILES string of the molecule is Cn1cc(CC(=O)c2cc(F)cc(F)c2)cn1. The van der Waals surface area contributed by atoms with Crippen LogP contribution in [0.3, 0.4) is 0 Å². The van der Waals surface area contributed by atoms with Crippen LogP contribution in [0.2, 0.25) is 0 Å². The summed E-state index contributed by atoms with van der Waals surface area (Å²) in [5, 5.41) is 3.91. The van der Waals surface area contributed by atoms with Crippen LogP contribution in [0.1, 0.15) is 15.9 Å². The van der Waals surface area contributed by atoms with Gasteiger partial charge in [0.1, 0.15) is 11.6 Å². The molecule has 88 valence electrons. The van der Waals surface area contributed by atoms with Crippen LogP contribution in [0.4, 0.5) is 8.78 Å². The Bertz CT molecular complexity index is 543. The zero-order valence-corrected chi connectivity index (χ0v) is 9.15. The molecule has 1 aromatic carbocycles. The summed E-state index contributed by atoms with van der Waals surface area (Å²) in [6.07, 6.45) is 3.32. The highest BCUT2D eigenvalue weighted by Crippen LogP contribution is 2.11. The molecule has 0 saturated carbocycles. The highest BCUT2D eigenvalue weighted by molar-refractivity contribution is 5.97. The fourth-order valence-corrected chi connectivity index (χ4v) is 1.57. The fourth-order valence-electron chi connectivity index (χ4n) is 1.57. The Labute approximate surface area is 96.7 Å². The van der Waals surface area contributed by atoms with Crippen molar-refractivity contribution in [1.29, 1.82) is 0 Å². The van der Waals surface area contributed by atoms with Crippen LogP contribution >= 0.6 is 0 Å². The summed E-state index contributed by atoms with van der Waals surface area (Å²) in [6, 6.07) is 2.80. The van der Waals surface area contributed by atoms with E-state index in [0.717, 1.165) is 18.2 Å². The van der Waals surface area contributed by atoms with Crippen molar-refractivity contribution in [3.63, 3.8) is 0 Å². The van der Waals surface area contributed by atoms with Crippen molar-refractivity contribution >= 4 is 5.78 Å². The number of carbonyl (C=O) groups excluding carboxylic acids is 1. The quantitative estimate of drug-likeness (QED) is 0.765. The van der Waals surface area contributed by atoms with Crippen LogP contribution in [0, 0.1) is 11.6 Å². The van der Waals surface area contributed by atoms with Gasteiger partial charge in [0.25, 0.3) is 0 Å². The lowest BCUT2D eigenvalue weighted by Gasteiger charge is -2.00. The summed E-state index contributed by atoms with van der Waals surface area (Å²) >= 11 is 0. The van der Waals surface area contributed by atoms with Crippen molar-refractivity contribution in [1.82, 2.24) is 9.78 Å². The molecular weight excluding hydrogens is 226 g/mol. The standard InChI is InChI=1S/C12H10F2N2O/c1-16-7-8(6-15-16)2-12(17)9-3-10(13)5-11(14)4-9/h3-7H,2H2,1H3. The first-order valence-electron chi connectivity index (χ1n) is 5.01. The van der Waals surface area contributed by atoms with Gasteiger partial charge in [-0.15, -0.1) is 0 Å². The number of benzene rings is 1. The van der Waals surface area contributed by atoms with Gasteiger partial charge in [0.05, 0.1) is 6.20 Å². The summed E-state index contributed by atoms with van der Waals surface area (Å²) in [5.74, 6) is -1.84. The Hall–Kier alpha value is -2.04. The first kappa shape index (κ1) is 11.4. The number of carbonyl (C=O) groups is 1. The molecule has 1 heterocycles. The molecule has 0 fully saturated rings. The Morgan fingerprint density at radius 3 is 2.47 bits per heavy atom. The summed E-state index contributed by atoms with van der Waals surface area (Å²) < 4.78 is 27.4. The maximum Gasteiger partial charge on any atom is 0.167 e. The lowest BCUT2D eigenvalue weighted by molar-refractivity contribution is 0.0992. The average Bonchev–Trinajstić information content (AvgIpc) is 2.62. The number of rotatable bonds is 3. The van der Waals surface area contributed by atoms with E-state index in [2.05, 4.69) is 5.10 Å². The molecule has 0 aliphatic carbocycles. The molecular formula is C12H10F2N2O. The minimum absolute atomic E-state index is 0.0337. The number of aryl methyl sites for hydroxylation is 1. The number of Topliss-reactive ketones (excluding diaryl/α,β-unsaturated/α-hetero) is 1. The second-order valence-corrected chi connectivity index (χ2v) is 3.78. The Balaban J connectivity index is 2.19. The van der Waals surface area contributed by atoms with E-state index in [-0.39, 0.29) is 17.8 Å². The molecule has 2 aromatic rings. The number of halogens is 2. The van der Waals surface area contributed by atoms with Gasteiger partial charge in [0.15, 0.2) is 5.78 Å². The summed E-state index contributed by atoms with van der Waals surface area (Å²) in [7, 11) is 1.73. The van der Waals surface area contributed by atoms with Crippen LogP contribution < -0.4 is 0 Å². The van der Waals surface area contributed by atoms with Gasteiger partial charge in [-0.25, -0.2) is 8.78 Å². The first-order chi connectivity index (χ1) is 8.04. The highest BCUT2D eigenvalue weighted by Gasteiger charge is 2.11. The summed E-state index contributed by atoms with van der Waals surface area (Å²) in [5.41, 5.74) is 0.744. The van der Waals surface area contributed by atoms with Gasteiger partial charge in [-0.05, 0) is 17.7 Å². The van der Waals surface area contributed by atoms with Crippen molar-refractivity contribution in [2.45, 2.75) is 6.42 Å². The largest absolute Gasteiger partial charge is 0.294 e. The van der Waals surface area contributed by atoms with E-state index in [0.29, 0.717) is 5.56 Å². The third-order valence-electron chi connectivity index (χ3n) is 2.31. The molecule has 0 spiro atoms. The van der Waals surface area contributed by atoms with E-state index in [1.54, 1.807) is 24.1 Å². The predicted octanol–water partition coefficient (Wildman–Crippen LogP) is 2.12. The fraction of sp³-hybridized carbons (Fsp3) is 0.167. The van der Waals surface area contributed by atoms with Crippen molar-refractivity contribution in [2.75, 3.05) is 0 Å². The predicted molar refractivity (Wildman–Crippen MR) is 57.6 cm³/mol. The third kappa shape index (κ3) is 2.75. The van der Waals surface area contributed by atoms with Gasteiger partial charge in [-0.2, -0.15) is 5.10 Å². The van der Waals surface area contributed by atoms with E-state index < -0.39 is 11.6 Å². The van der Waals surface area contributed by atoms with Gasteiger partial charge in [-0.3, -0.25) is 9.48 Å². The third-order valence-corrected chi connectivity index (χ3v) is 2.31. The molecule has 0 atom stereocenters. The van der Waals surface area contributed by atoms with Gasteiger partial charge in [-0.1, -0.05) is 0 Å². The Kier molecular flexibility index (Phi) is 2.99. The van der Waals surface area contributed by atoms with Gasteiger partial charge in [0.2, 0.25) is 0 Å². The summed E-state index contributed by atoms with van der Waals surface area (Å²) in [6.45, 7) is 0. The van der Waals surface area contributed by atoms with E-state index >= 15 is 0 Å². The average molecular weight is 236 g/mol. The minimum Gasteiger partial charge on any atom is -0.294 e. The zero-order chi connectivity index (χ0) is 12.4. The first-order valence-corrected chi connectivity index (χ1v) is 5.01. The van der Waals surface area contributed by atoms with Gasteiger partial charge in [0, 0.05) is 31.3 Å². The molecule has 5 heteroatoms. The number of nitrogens with zero attached hydrogens (tertiary/aromatic N) is 2. The molecule has 0 aliphatic heterocycles. The molecule has 0 bridgehead atoms. The van der Waals surface area contributed by atoms with Crippen molar-refractivity contribution < 1.29 is 13.6 Å². The van der Waals surface area contributed by atoms with Crippen molar-refractivity contribution in [2.24, 2.45) is 7.05 Å². The second-order valence-electron chi connectivity index (χ2n) is 3.78. The van der Waals surface area contributed by atoms with Gasteiger partial charge < -0.3 is 0 Å². The monoisotopic (exact) mass is 236 g/mol. The van der Waals surface area contributed by atoms with Crippen LogP contribution in [0.25, 0.3) is 0 Å². The topological polar surface area (TPSA) is 34.9 Å². The van der Waals surface area contributed by atoms with Crippen LogP contribution in [0.5, 0.6) is 0 Å². The molecule has 17 heavy (non-hydrogen) atoms. The lowest BCUT2D eigenvalue weighted by atomic mass is 10.1. The van der Waals surface area contributed by atoms with Crippen LogP contribution in [0.15, 0.2) is 30.6 Å². The maximum absolute atomic E-state index is 12.9. The maximum atomic E-state index is 12.9. The Morgan fingerprint density at radius 1 is 1.29 bits per heavy atom. The minimum atomic E-state index is -0.750. The summed E-state index contributed by atoms with van der Waals surface area (Å²) in [4.78, 5) is 11.8. The smallest absolute Gasteiger partial charge is 0.167 e. The molecule has 0 saturated heterocycles. The molecule has 3 nitrogen and oxygen atoms in total. The number of hydrogen-bond acceptors (Lipinski definition) is 2. The van der Waals surface area contributed by atoms with E-state index in [9.17, 15) is 13.6 Å². The van der Waals surface area contributed by atoms with Crippen LogP contribution in [-0.4, -0.2) is 15.6 Å². The molecule has 0 unspecified atom stereocenters. The molecule has 0 aliphatic rings. The van der Waals surface area contributed by atoms with Crippen molar-refractivity contribution in [3.8, 4) is 0 Å². The van der Waals surface area contributed by atoms with Crippen molar-refractivity contribution in [3.05, 3.63) is 53.4 Å². The molecule has 0 radical (unpaired) electrons. The molecule has 0 amide bonds. The lowest BCUT2D eigenvalue weighted by Crippen LogP contribution is -2.04. The molecule has 2 rings (SSSR count). The van der Waals surface area contributed by atoms with Crippen LogP contribution in [-0.2, 0) is 13.5 Å². The number of aromatic nitrogens is 2. The molecule has 1 aromatic heterocycles. The van der Waals surface area contributed by atoms with E-state index in [1.807, 2.05) is 0 Å². The Morgan fingerprint density at radius 2 is 1.94 bits per heavy atom. The second kappa shape index (κ2) is 4.45. The van der Waals surface area contributed by atoms with E-state index in [4.69, 9.17) is 0 Å². The number of hydrogen-bond donors (Lipinski definition) is 0. The van der Waals surface area contributed by atoms with E-state index in [1.165, 1.54) is 0 Å². The normalized spacial score (nSPS) is 10.5. The van der Waals surface area contributed by atoms with Gasteiger partial charge >= 0.3 is 0 Å². The number of ketones is 1. The molecule has 0 N–H and O–H groups in total.